The van der Waals surface area contributed by atoms with Crippen molar-refractivity contribution in [3.8, 4) is 0 Å². The van der Waals surface area contributed by atoms with E-state index in [1.807, 2.05) is 13.8 Å². The van der Waals surface area contributed by atoms with Crippen LogP contribution >= 0.6 is 0 Å². The molecule has 0 radical (unpaired) electrons. The fourth-order valence-corrected chi connectivity index (χ4v) is 0.768. The Balaban J connectivity index is 3.24. The van der Waals surface area contributed by atoms with Gasteiger partial charge in [-0.15, -0.1) is 6.58 Å². The van der Waals surface area contributed by atoms with E-state index in [-0.39, 0.29) is 5.97 Å². The number of hydrogen-bond acceptors (Lipinski definition) is 2. The first-order valence-corrected chi connectivity index (χ1v) is 3.96. The number of rotatable bonds is 5. The summed E-state index contributed by atoms with van der Waals surface area (Å²) in [5.74, 6) is -0.103. The number of hydrogen-bond donors (Lipinski definition) is 0. The van der Waals surface area contributed by atoms with Gasteiger partial charge in [-0.2, -0.15) is 0 Å². The molecule has 0 unspecified atom stereocenters. The van der Waals surface area contributed by atoms with Gasteiger partial charge in [0, 0.05) is 6.42 Å². The first kappa shape index (κ1) is 10.2. The summed E-state index contributed by atoms with van der Waals surface area (Å²) in [6.07, 6.45) is 2.29. The van der Waals surface area contributed by atoms with Crippen LogP contribution in [-0.2, 0) is 9.53 Å². The van der Waals surface area contributed by atoms with Gasteiger partial charge in [0.1, 0.15) is 0 Å². The monoisotopic (exact) mass is 156 g/mol. The van der Waals surface area contributed by atoms with Gasteiger partial charge < -0.3 is 4.74 Å². The highest BCUT2D eigenvalue weighted by Gasteiger charge is 1.99. The summed E-state index contributed by atoms with van der Waals surface area (Å²) in [7, 11) is 0. The Morgan fingerprint density at radius 3 is 2.55 bits per heavy atom. The topological polar surface area (TPSA) is 26.3 Å². The number of carbonyl (C=O) groups is 1. The van der Waals surface area contributed by atoms with E-state index in [1.54, 1.807) is 0 Å². The molecule has 0 atom stereocenters. The first-order chi connectivity index (χ1) is 5.16. The maximum Gasteiger partial charge on any atom is 0.305 e. The van der Waals surface area contributed by atoms with E-state index >= 15 is 0 Å². The Labute approximate surface area is 68.2 Å². The Morgan fingerprint density at radius 2 is 2.09 bits per heavy atom. The molecule has 0 N–H and O–H groups in total. The van der Waals surface area contributed by atoms with Crippen molar-refractivity contribution in [3.05, 3.63) is 12.2 Å². The first-order valence-electron chi connectivity index (χ1n) is 3.96. The number of carbonyl (C=O) groups excluding carboxylic acids is 1. The minimum atomic E-state index is -0.103. The second-order valence-electron chi connectivity index (χ2n) is 2.62. The lowest BCUT2D eigenvalue weighted by Crippen LogP contribution is -2.03. The predicted molar refractivity (Wildman–Crippen MR) is 45.3 cm³/mol. The van der Waals surface area contributed by atoms with Gasteiger partial charge in [0.25, 0.3) is 0 Å². The SMILES string of the molecule is C=C(C)CCCC(=O)OCC. The van der Waals surface area contributed by atoms with Crippen LogP contribution in [0.3, 0.4) is 0 Å². The van der Waals surface area contributed by atoms with Crippen LogP contribution in [0.1, 0.15) is 33.1 Å². The lowest BCUT2D eigenvalue weighted by atomic mass is 10.1. The molecule has 0 aromatic rings. The molecule has 0 saturated carbocycles. The van der Waals surface area contributed by atoms with Crippen molar-refractivity contribution < 1.29 is 9.53 Å². The summed E-state index contributed by atoms with van der Waals surface area (Å²) >= 11 is 0. The summed E-state index contributed by atoms with van der Waals surface area (Å²) in [5, 5.41) is 0. The Kier molecular flexibility index (Phi) is 5.53. The number of esters is 1. The Hall–Kier alpha value is -0.790. The van der Waals surface area contributed by atoms with Crippen molar-refractivity contribution in [1.29, 1.82) is 0 Å². The molecule has 2 nitrogen and oxygen atoms in total. The molecular formula is C9H16O2. The van der Waals surface area contributed by atoms with Crippen molar-refractivity contribution >= 4 is 5.97 Å². The Morgan fingerprint density at radius 1 is 1.45 bits per heavy atom. The average Bonchev–Trinajstić information content (AvgIpc) is 1.87. The second kappa shape index (κ2) is 5.96. The van der Waals surface area contributed by atoms with Gasteiger partial charge in [-0.25, -0.2) is 0 Å². The molecule has 0 fully saturated rings. The molecule has 0 bridgehead atoms. The van der Waals surface area contributed by atoms with E-state index in [0.29, 0.717) is 13.0 Å². The average molecular weight is 156 g/mol. The smallest absolute Gasteiger partial charge is 0.305 e. The summed E-state index contributed by atoms with van der Waals surface area (Å²) in [6, 6.07) is 0. The fourth-order valence-electron chi connectivity index (χ4n) is 0.768. The molecule has 0 saturated heterocycles. The van der Waals surface area contributed by atoms with E-state index < -0.39 is 0 Å². The standard InChI is InChI=1S/C9H16O2/c1-4-11-9(10)7-5-6-8(2)3/h2,4-7H2,1,3H3. The highest BCUT2D eigenvalue weighted by atomic mass is 16.5. The van der Waals surface area contributed by atoms with Gasteiger partial charge in [0.15, 0.2) is 0 Å². The minimum Gasteiger partial charge on any atom is -0.466 e. The van der Waals surface area contributed by atoms with Gasteiger partial charge in [-0.1, -0.05) is 5.57 Å². The third kappa shape index (κ3) is 7.10. The van der Waals surface area contributed by atoms with Crippen molar-refractivity contribution in [1.82, 2.24) is 0 Å². The third-order valence-corrected chi connectivity index (χ3v) is 1.29. The van der Waals surface area contributed by atoms with Gasteiger partial charge in [-0.3, -0.25) is 4.79 Å². The summed E-state index contributed by atoms with van der Waals surface area (Å²) in [4.78, 5) is 10.8. The zero-order chi connectivity index (χ0) is 8.69. The third-order valence-electron chi connectivity index (χ3n) is 1.29. The van der Waals surface area contributed by atoms with E-state index in [0.717, 1.165) is 18.4 Å². The van der Waals surface area contributed by atoms with Crippen LogP contribution in [0.5, 0.6) is 0 Å². The molecule has 0 rings (SSSR count). The predicted octanol–water partition coefficient (Wildman–Crippen LogP) is 2.30. The maximum absolute atomic E-state index is 10.8. The van der Waals surface area contributed by atoms with Crippen LogP contribution in [0, 0.1) is 0 Å². The van der Waals surface area contributed by atoms with Crippen LogP contribution in [0.15, 0.2) is 12.2 Å². The largest absolute Gasteiger partial charge is 0.466 e. The van der Waals surface area contributed by atoms with E-state index in [4.69, 9.17) is 4.74 Å². The second-order valence-corrected chi connectivity index (χ2v) is 2.62. The van der Waals surface area contributed by atoms with Crippen molar-refractivity contribution in [2.45, 2.75) is 33.1 Å². The highest BCUT2D eigenvalue weighted by Crippen LogP contribution is 2.04. The zero-order valence-electron chi connectivity index (χ0n) is 7.35. The number of allylic oxidation sites excluding steroid dienone is 1. The molecule has 0 aliphatic carbocycles. The van der Waals surface area contributed by atoms with Gasteiger partial charge in [0.05, 0.1) is 6.61 Å². The highest BCUT2D eigenvalue weighted by molar-refractivity contribution is 5.69. The molecule has 0 spiro atoms. The van der Waals surface area contributed by atoms with Gasteiger partial charge >= 0.3 is 5.97 Å². The quantitative estimate of drug-likeness (QED) is 0.451. The minimum absolute atomic E-state index is 0.103. The molecule has 11 heavy (non-hydrogen) atoms. The van der Waals surface area contributed by atoms with E-state index in [9.17, 15) is 4.79 Å². The molecule has 0 heterocycles. The van der Waals surface area contributed by atoms with Crippen LogP contribution in [0.2, 0.25) is 0 Å². The molecule has 0 aliphatic rings. The maximum atomic E-state index is 10.8. The summed E-state index contributed by atoms with van der Waals surface area (Å²) in [6.45, 7) is 8.00. The molecule has 0 amide bonds. The molecular weight excluding hydrogens is 140 g/mol. The van der Waals surface area contributed by atoms with Crippen molar-refractivity contribution in [3.63, 3.8) is 0 Å². The summed E-state index contributed by atoms with van der Waals surface area (Å²) in [5.41, 5.74) is 1.12. The van der Waals surface area contributed by atoms with Gasteiger partial charge in [-0.05, 0) is 26.7 Å². The lowest BCUT2D eigenvalue weighted by molar-refractivity contribution is -0.143. The molecule has 2 heteroatoms. The Bertz CT molecular complexity index is 138. The van der Waals surface area contributed by atoms with Crippen molar-refractivity contribution in [2.24, 2.45) is 0 Å². The van der Waals surface area contributed by atoms with Gasteiger partial charge in [0.2, 0.25) is 0 Å². The van der Waals surface area contributed by atoms with Crippen LogP contribution in [0.25, 0.3) is 0 Å². The molecule has 0 aliphatic heterocycles. The lowest BCUT2D eigenvalue weighted by Gasteiger charge is -2.00. The molecule has 0 aromatic heterocycles. The van der Waals surface area contributed by atoms with Crippen LogP contribution in [-0.4, -0.2) is 12.6 Å². The number of ether oxygens (including phenoxy) is 1. The van der Waals surface area contributed by atoms with Crippen LogP contribution < -0.4 is 0 Å². The van der Waals surface area contributed by atoms with E-state index in [2.05, 4.69) is 6.58 Å². The van der Waals surface area contributed by atoms with Crippen molar-refractivity contribution in [2.75, 3.05) is 6.61 Å². The normalized spacial score (nSPS) is 9.27. The fraction of sp³-hybridized carbons (Fsp3) is 0.667. The summed E-state index contributed by atoms with van der Waals surface area (Å²) < 4.78 is 4.76. The molecule has 64 valence electrons. The molecule has 0 aromatic carbocycles. The van der Waals surface area contributed by atoms with Crippen LogP contribution in [0.4, 0.5) is 0 Å². The van der Waals surface area contributed by atoms with E-state index in [1.165, 1.54) is 0 Å². The zero-order valence-corrected chi connectivity index (χ0v) is 7.35.